The Kier molecular flexibility index (Phi) is 2.95. The third-order valence-corrected chi connectivity index (χ3v) is 2.75. The zero-order chi connectivity index (χ0) is 11.5. The molecule has 0 fully saturated rings. The van der Waals surface area contributed by atoms with E-state index in [9.17, 15) is 5.11 Å². The second kappa shape index (κ2) is 4.39. The van der Waals surface area contributed by atoms with Crippen molar-refractivity contribution in [1.29, 1.82) is 0 Å². The summed E-state index contributed by atoms with van der Waals surface area (Å²) in [4.78, 5) is 6.77. The zero-order valence-corrected chi connectivity index (χ0v) is 9.64. The summed E-state index contributed by atoms with van der Waals surface area (Å²) in [7, 11) is 0. The van der Waals surface area contributed by atoms with Gasteiger partial charge in [-0.1, -0.05) is 0 Å². The number of anilines is 1. The molecule has 0 aliphatic rings. The molecular weight excluding hydrogens is 200 g/mol. The van der Waals surface area contributed by atoms with E-state index < -0.39 is 0 Å². The third-order valence-electron chi connectivity index (χ3n) is 2.75. The molecule has 3 heteroatoms. The van der Waals surface area contributed by atoms with Crippen molar-refractivity contribution < 1.29 is 5.11 Å². The first-order valence-electron chi connectivity index (χ1n) is 5.59. The van der Waals surface area contributed by atoms with Crippen LogP contribution in [0.3, 0.4) is 0 Å². The molecule has 0 saturated carbocycles. The van der Waals surface area contributed by atoms with Gasteiger partial charge >= 0.3 is 0 Å². The molecule has 1 aromatic carbocycles. The van der Waals surface area contributed by atoms with Gasteiger partial charge < -0.3 is 10.0 Å². The minimum Gasteiger partial charge on any atom is -0.508 e. The number of pyridine rings is 1. The van der Waals surface area contributed by atoms with Gasteiger partial charge in [0, 0.05) is 18.5 Å². The number of aromatic hydroxyl groups is 1. The fourth-order valence-corrected chi connectivity index (χ4v) is 1.83. The Morgan fingerprint density at radius 1 is 1.12 bits per heavy atom. The molecule has 2 rings (SSSR count). The SMILES string of the molecule is CCN(CC)c1ccc2cc(O)ccc2n1. The molecule has 0 radical (unpaired) electrons. The quantitative estimate of drug-likeness (QED) is 0.857. The monoisotopic (exact) mass is 216 g/mol. The number of aromatic nitrogens is 1. The van der Waals surface area contributed by atoms with Gasteiger partial charge in [-0.2, -0.15) is 0 Å². The van der Waals surface area contributed by atoms with Gasteiger partial charge in [0.05, 0.1) is 5.52 Å². The van der Waals surface area contributed by atoms with Gasteiger partial charge in [-0.25, -0.2) is 4.98 Å². The van der Waals surface area contributed by atoms with E-state index in [1.807, 2.05) is 18.2 Å². The highest BCUT2D eigenvalue weighted by Crippen LogP contribution is 2.21. The first kappa shape index (κ1) is 10.7. The fourth-order valence-electron chi connectivity index (χ4n) is 1.83. The highest BCUT2D eigenvalue weighted by Gasteiger charge is 2.04. The van der Waals surface area contributed by atoms with Crippen molar-refractivity contribution >= 4 is 16.7 Å². The van der Waals surface area contributed by atoms with Crippen LogP contribution in [0.1, 0.15) is 13.8 Å². The van der Waals surface area contributed by atoms with Crippen LogP contribution in [0.5, 0.6) is 5.75 Å². The van der Waals surface area contributed by atoms with E-state index in [2.05, 4.69) is 23.7 Å². The molecule has 2 aromatic rings. The van der Waals surface area contributed by atoms with Gasteiger partial charge in [-0.05, 0) is 44.2 Å². The van der Waals surface area contributed by atoms with Gasteiger partial charge in [0.15, 0.2) is 0 Å². The molecule has 16 heavy (non-hydrogen) atoms. The number of hydrogen-bond donors (Lipinski definition) is 1. The van der Waals surface area contributed by atoms with Gasteiger partial charge in [0.2, 0.25) is 0 Å². The van der Waals surface area contributed by atoms with Crippen molar-refractivity contribution in [2.75, 3.05) is 18.0 Å². The average molecular weight is 216 g/mol. The summed E-state index contributed by atoms with van der Waals surface area (Å²) in [6.45, 7) is 6.14. The van der Waals surface area contributed by atoms with E-state index in [1.54, 1.807) is 12.1 Å². The van der Waals surface area contributed by atoms with Crippen LogP contribution in [0.4, 0.5) is 5.82 Å². The van der Waals surface area contributed by atoms with E-state index in [4.69, 9.17) is 0 Å². The van der Waals surface area contributed by atoms with Gasteiger partial charge in [-0.15, -0.1) is 0 Å². The number of fused-ring (bicyclic) bond motifs is 1. The van der Waals surface area contributed by atoms with Gasteiger partial charge in [-0.3, -0.25) is 0 Å². The summed E-state index contributed by atoms with van der Waals surface area (Å²) in [5, 5.41) is 10.3. The lowest BCUT2D eigenvalue weighted by Gasteiger charge is -2.19. The Balaban J connectivity index is 2.47. The van der Waals surface area contributed by atoms with E-state index in [1.165, 1.54) is 0 Å². The topological polar surface area (TPSA) is 36.4 Å². The Hall–Kier alpha value is -1.77. The van der Waals surface area contributed by atoms with E-state index in [0.717, 1.165) is 29.8 Å². The Morgan fingerprint density at radius 2 is 1.88 bits per heavy atom. The molecule has 3 nitrogen and oxygen atoms in total. The molecule has 0 spiro atoms. The minimum absolute atomic E-state index is 0.282. The highest BCUT2D eigenvalue weighted by molar-refractivity contribution is 5.81. The van der Waals surface area contributed by atoms with Crippen LogP contribution >= 0.6 is 0 Å². The van der Waals surface area contributed by atoms with Crippen LogP contribution < -0.4 is 4.90 Å². The number of rotatable bonds is 3. The van der Waals surface area contributed by atoms with Crippen LogP contribution in [0, 0.1) is 0 Å². The Bertz CT molecular complexity index is 492. The predicted molar refractivity (Wildman–Crippen MR) is 67.0 cm³/mol. The normalized spacial score (nSPS) is 10.6. The predicted octanol–water partition coefficient (Wildman–Crippen LogP) is 2.79. The molecule has 1 aromatic heterocycles. The maximum Gasteiger partial charge on any atom is 0.129 e. The Morgan fingerprint density at radius 3 is 2.56 bits per heavy atom. The molecule has 0 aliphatic heterocycles. The van der Waals surface area contributed by atoms with E-state index in [-0.39, 0.29) is 5.75 Å². The van der Waals surface area contributed by atoms with Crippen molar-refractivity contribution in [3.05, 3.63) is 30.3 Å². The molecule has 0 atom stereocenters. The lowest BCUT2D eigenvalue weighted by atomic mass is 10.2. The summed E-state index contributed by atoms with van der Waals surface area (Å²) in [5.41, 5.74) is 0.919. The number of nitrogens with zero attached hydrogens (tertiary/aromatic N) is 2. The number of phenols is 1. The van der Waals surface area contributed by atoms with Crippen molar-refractivity contribution in [3.63, 3.8) is 0 Å². The van der Waals surface area contributed by atoms with Crippen molar-refractivity contribution in [1.82, 2.24) is 4.98 Å². The third kappa shape index (κ3) is 1.94. The summed E-state index contributed by atoms with van der Waals surface area (Å²) >= 11 is 0. The van der Waals surface area contributed by atoms with E-state index >= 15 is 0 Å². The van der Waals surface area contributed by atoms with Crippen LogP contribution in [0.15, 0.2) is 30.3 Å². The summed E-state index contributed by atoms with van der Waals surface area (Å²) in [5.74, 6) is 1.27. The Labute approximate surface area is 95.3 Å². The first-order valence-corrected chi connectivity index (χ1v) is 5.59. The first-order chi connectivity index (χ1) is 7.74. The maximum absolute atomic E-state index is 9.36. The summed E-state index contributed by atoms with van der Waals surface area (Å²) < 4.78 is 0. The highest BCUT2D eigenvalue weighted by atomic mass is 16.3. The van der Waals surface area contributed by atoms with Gasteiger partial charge in [0.25, 0.3) is 0 Å². The fraction of sp³-hybridized carbons (Fsp3) is 0.308. The molecule has 0 bridgehead atoms. The minimum atomic E-state index is 0.282. The number of benzene rings is 1. The second-order valence-corrected chi connectivity index (χ2v) is 3.72. The van der Waals surface area contributed by atoms with Crippen LogP contribution in [-0.2, 0) is 0 Å². The van der Waals surface area contributed by atoms with E-state index in [0.29, 0.717) is 0 Å². The average Bonchev–Trinajstić information content (AvgIpc) is 2.31. The van der Waals surface area contributed by atoms with Gasteiger partial charge in [0.1, 0.15) is 11.6 Å². The maximum atomic E-state index is 9.36. The molecule has 1 N–H and O–H groups in total. The van der Waals surface area contributed by atoms with Crippen molar-refractivity contribution in [2.45, 2.75) is 13.8 Å². The standard InChI is InChI=1S/C13H16N2O/c1-3-15(4-2)13-8-5-10-9-11(16)6-7-12(10)14-13/h5-9,16H,3-4H2,1-2H3. The smallest absolute Gasteiger partial charge is 0.129 e. The molecule has 0 amide bonds. The second-order valence-electron chi connectivity index (χ2n) is 3.72. The largest absolute Gasteiger partial charge is 0.508 e. The number of hydrogen-bond acceptors (Lipinski definition) is 3. The lowest BCUT2D eigenvalue weighted by Crippen LogP contribution is -2.22. The summed E-state index contributed by atoms with van der Waals surface area (Å²) in [6.07, 6.45) is 0. The molecular formula is C13H16N2O. The molecule has 0 saturated heterocycles. The van der Waals surface area contributed by atoms with Crippen LogP contribution in [0.25, 0.3) is 10.9 Å². The lowest BCUT2D eigenvalue weighted by molar-refractivity contribution is 0.476. The molecule has 0 unspecified atom stereocenters. The van der Waals surface area contributed by atoms with Crippen molar-refractivity contribution in [3.8, 4) is 5.75 Å². The molecule has 0 aliphatic carbocycles. The molecule has 1 heterocycles. The zero-order valence-electron chi connectivity index (χ0n) is 9.64. The van der Waals surface area contributed by atoms with Crippen LogP contribution in [0.2, 0.25) is 0 Å². The molecule has 84 valence electrons. The van der Waals surface area contributed by atoms with Crippen LogP contribution in [-0.4, -0.2) is 23.2 Å². The van der Waals surface area contributed by atoms with Crippen molar-refractivity contribution in [2.24, 2.45) is 0 Å². The summed E-state index contributed by atoms with van der Waals surface area (Å²) in [6, 6.07) is 9.23. The number of phenolic OH excluding ortho intramolecular Hbond substituents is 1.